The number of allylic oxidation sites excluding steroid dienone is 2. The molecule has 0 aromatic heterocycles. The largest absolute Gasteiger partial charge is 0.274 e. The lowest BCUT2D eigenvalue weighted by Crippen LogP contribution is -2.37. The second-order valence-electron chi connectivity index (χ2n) is 6.11. The molecule has 102 valence electrons. The van der Waals surface area contributed by atoms with Gasteiger partial charge in [-0.25, -0.2) is 4.90 Å². The van der Waals surface area contributed by atoms with Crippen LogP contribution >= 0.6 is 22.6 Å². The molecule has 0 spiro atoms. The number of hydrogen-bond donors (Lipinski definition) is 0. The zero-order valence-corrected chi connectivity index (χ0v) is 13.2. The van der Waals surface area contributed by atoms with E-state index in [0.29, 0.717) is 5.69 Å². The van der Waals surface area contributed by atoms with Gasteiger partial charge in [0.25, 0.3) is 0 Å². The lowest BCUT2D eigenvalue weighted by Gasteiger charge is -2.28. The summed E-state index contributed by atoms with van der Waals surface area (Å²) >= 11 is 2.22. The first-order chi connectivity index (χ1) is 9.53. The predicted molar refractivity (Wildman–Crippen MR) is 84.0 cm³/mol. The molecule has 3 nitrogen and oxygen atoms in total. The maximum Gasteiger partial charge on any atom is 0.241 e. The van der Waals surface area contributed by atoms with Crippen LogP contribution in [0.3, 0.4) is 0 Å². The van der Waals surface area contributed by atoms with Crippen LogP contribution in [0.1, 0.15) is 13.3 Å². The number of halogens is 1. The Kier molecular flexibility index (Phi) is 2.47. The van der Waals surface area contributed by atoms with Crippen molar-refractivity contribution in [2.75, 3.05) is 4.90 Å². The first-order valence-corrected chi connectivity index (χ1v) is 7.93. The van der Waals surface area contributed by atoms with Crippen LogP contribution in [0.15, 0.2) is 36.4 Å². The molecule has 4 atom stereocenters. The van der Waals surface area contributed by atoms with Crippen molar-refractivity contribution in [3.8, 4) is 0 Å². The summed E-state index contributed by atoms with van der Waals surface area (Å²) in [6.07, 6.45) is 5.21. The van der Waals surface area contributed by atoms with E-state index in [0.717, 1.165) is 9.99 Å². The fraction of sp³-hybridized carbons (Fsp3) is 0.375. The third kappa shape index (κ3) is 1.35. The van der Waals surface area contributed by atoms with E-state index < -0.39 is 5.41 Å². The topological polar surface area (TPSA) is 37.4 Å². The van der Waals surface area contributed by atoms with Crippen LogP contribution < -0.4 is 4.90 Å². The molecule has 20 heavy (non-hydrogen) atoms. The minimum Gasteiger partial charge on any atom is -0.274 e. The van der Waals surface area contributed by atoms with Gasteiger partial charge in [-0.15, -0.1) is 0 Å². The average Bonchev–Trinajstić information content (AvgIpc) is 3.05. The van der Waals surface area contributed by atoms with Crippen LogP contribution in [0.25, 0.3) is 0 Å². The molecule has 0 N–H and O–H groups in total. The van der Waals surface area contributed by atoms with Gasteiger partial charge in [0.2, 0.25) is 11.8 Å². The fourth-order valence-corrected chi connectivity index (χ4v) is 4.50. The van der Waals surface area contributed by atoms with Crippen LogP contribution in [-0.2, 0) is 9.59 Å². The third-order valence-electron chi connectivity index (χ3n) is 5.20. The third-order valence-corrected chi connectivity index (χ3v) is 5.92. The summed E-state index contributed by atoms with van der Waals surface area (Å²) in [5, 5.41) is 0. The zero-order chi connectivity index (χ0) is 14.1. The molecule has 2 fully saturated rings. The van der Waals surface area contributed by atoms with Crippen molar-refractivity contribution in [3.05, 3.63) is 40.0 Å². The second kappa shape index (κ2) is 3.93. The molecule has 4 rings (SSSR count). The Morgan fingerprint density at radius 3 is 2.55 bits per heavy atom. The fourth-order valence-electron chi connectivity index (χ4n) is 4.14. The van der Waals surface area contributed by atoms with Crippen LogP contribution in [-0.4, -0.2) is 11.8 Å². The summed E-state index contributed by atoms with van der Waals surface area (Å²) in [5.74, 6) is 0.267. The first-order valence-electron chi connectivity index (χ1n) is 6.86. The van der Waals surface area contributed by atoms with E-state index in [4.69, 9.17) is 0 Å². The molecule has 1 saturated heterocycles. The summed E-state index contributed by atoms with van der Waals surface area (Å²) < 4.78 is 1.10. The Hall–Kier alpha value is -1.17. The van der Waals surface area contributed by atoms with Crippen molar-refractivity contribution in [3.63, 3.8) is 0 Å². The highest BCUT2D eigenvalue weighted by molar-refractivity contribution is 14.1. The smallest absolute Gasteiger partial charge is 0.241 e. The average molecular weight is 379 g/mol. The minimum atomic E-state index is -0.528. The number of amides is 2. The number of anilines is 1. The highest BCUT2D eigenvalue weighted by atomic mass is 127. The Bertz CT molecular complexity index is 651. The van der Waals surface area contributed by atoms with Gasteiger partial charge in [0, 0.05) is 3.57 Å². The van der Waals surface area contributed by atoms with Crippen LogP contribution in [0.5, 0.6) is 0 Å². The van der Waals surface area contributed by atoms with Crippen molar-refractivity contribution in [2.45, 2.75) is 13.3 Å². The molecule has 4 heteroatoms. The van der Waals surface area contributed by atoms with Gasteiger partial charge in [0.15, 0.2) is 0 Å². The maximum atomic E-state index is 12.9. The molecule has 3 aliphatic rings. The van der Waals surface area contributed by atoms with Gasteiger partial charge in [0.1, 0.15) is 0 Å². The maximum absolute atomic E-state index is 12.9. The van der Waals surface area contributed by atoms with E-state index in [1.54, 1.807) is 0 Å². The molecule has 1 aromatic carbocycles. The van der Waals surface area contributed by atoms with E-state index in [2.05, 4.69) is 34.7 Å². The molecule has 2 aliphatic carbocycles. The van der Waals surface area contributed by atoms with E-state index in [1.807, 2.05) is 31.2 Å². The normalized spacial score (nSPS) is 37.9. The summed E-state index contributed by atoms with van der Waals surface area (Å²) in [4.78, 5) is 27.0. The number of hydrogen-bond acceptors (Lipinski definition) is 2. The number of carbonyl (C=O) groups is 2. The molecule has 1 aliphatic heterocycles. The molecular weight excluding hydrogens is 365 g/mol. The van der Waals surface area contributed by atoms with E-state index in [-0.39, 0.29) is 29.6 Å². The van der Waals surface area contributed by atoms with Crippen molar-refractivity contribution in [1.82, 2.24) is 0 Å². The number of carbonyl (C=O) groups excluding carboxylic acids is 2. The SMILES string of the molecule is C[C@@]12C(=O)N(c3ccc(I)cc3)C(=O)[C@H]1[C@H]1C=C[C@H]2C1. The van der Waals surface area contributed by atoms with Crippen molar-refractivity contribution < 1.29 is 9.59 Å². The molecule has 1 heterocycles. The number of fused-ring (bicyclic) bond motifs is 5. The molecule has 2 bridgehead atoms. The molecule has 1 saturated carbocycles. The van der Waals surface area contributed by atoms with Gasteiger partial charge in [-0.3, -0.25) is 9.59 Å². The van der Waals surface area contributed by atoms with Crippen LogP contribution in [0.4, 0.5) is 5.69 Å². The molecular formula is C16H14INO2. The molecule has 0 radical (unpaired) electrons. The second-order valence-corrected chi connectivity index (χ2v) is 7.35. The van der Waals surface area contributed by atoms with Crippen LogP contribution in [0, 0.1) is 26.7 Å². The Morgan fingerprint density at radius 2 is 1.90 bits per heavy atom. The van der Waals surface area contributed by atoms with Gasteiger partial charge in [0.05, 0.1) is 17.0 Å². The standard InChI is InChI=1S/C16H14INO2/c1-16-10-3-2-9(8-10)13(16)14(19)18(15(16)20)12-6-4-11(17)5-7-12/h2-7,9-10,13H,8H2,1H3/t9-,10-,13+,16-/m0/s1. The van der Waals surface area contributed by atoms with E-state index >= 15 is 0 Å². The first kappa shape index (κ1) is 12.6. The lowest BCUT2D eigenvalue weighted by molar-refractivity contribution is -0.127. The lowest BCUT2D eigenvalue weighted by atomic mass is 9.71. The quantitative estimate of drug-likeness (QED) is 0.428. The number of nitrogens with zero attached hydrogens (tertiary/aromatic N) is 1. The van der Waals surface area contributed by atoms with Gasteiger partial charge < -0.3 is 0 Å². The Morgan fingerprint density at radius 1 is 1.20 bits per heavy atom. The van der Waals surface area contributed by atoms with E-state index in [1.165, 1.54) is 4.90 Å². The molecule has 2 amide bonds. The summed E-state index contributed by atoms with van der Waals surface area (Å²) in [5.41, 5.74) is 0.176. The highest BCUT2D eigenvalue weighted by Crippen LogP contribution is 2.60. The van der Waals surface area contributed by atoms with Gasteiger partial charge >= 0.3 is 0 Å². The zero-order valence-electron chi connectivity index (χ0n) is 11.0. The Labute approximate surface area is 131 Å². The number of rotatable bonds is 1. The minimum absolute atomic E-state index is 0.0180. The number of benzene rings is 1. The molecule has 1 aromatic rings. The van der Waals surface area contributed by atoms with Crippen molar-refractivity contribution in [1.29, 1.82) is 0 Å². The van der Waals surface area contributed by atoms with Gasteiger partial charge in [-0.05, 0) is 72.0 Å². The van der Waals surface area contributed by atoms with Gasteiger partial charge in [-0.2, -0.15) is 0 Å². The van der Waals surface area contributed by atoms with Crippen molar-refractivity contribution in [2.24, 2.45) is 23.2 Å². The monoisotopic (exact) mass is 379 g/mol. The van der Waals surface area contributed by atoms with Crippen molar-refractivity contribution >= 4 is 40.1 Å². The predicted octanol–water partition coefficient (Wildman–Crippen LogP) is 2.99. The Balaban J connectivity index is 1.80. The van der Waals surface area contributed by atoms with E-state index in [9.17, 15) is 9.59 Å². The highest BCUT2D eigenvalue weighted by Gasteiger charge is 2.67. The van der Waals surface area contributed by atoms with Gasteiger partial charge in [-0.1, -0.05) is 12.2 Å². The summed E-state index contributed by atoms with van der Waals surface area (Å²) in [6, 6.07) is 7.58. The van der Waals surface area contributed by atoms with Crippen LogP contribution in [0.2, 0.25) is 0 Å². The summed E-state index contributed by atoms with van der Waals surface area (Å²) in [7, 11) is 0. The summed E-state index contributed by atoms with van der Waals surface area (Å²) in [6.45, 7) is 1.97. The number of imide groups is 1. The molecule has 0 unspecified atom stereocenters.